The molecule has 1 aromatic heterocycles. The summed E-state index contributed by atoms with van der Waals surface area (Å²) >= 11 is 0. The zero-order chi connectivity index (χ0) is 14.8. The highest BCUT2D eigenvalue weighted by Gasteiger charge is 2.24. The van der Waals surface area contributed by atoms with E-state index in [0.717, 1.165) is 24.9 Å². The third-order valence-corrected chi connectivity index (χ3v) is 3.45. The van der Waals surface area contributed by atoms with Gasteiger partial charge in [-0.2, -0.15) is 4.98 Å². The van der Waals surface area contributed by atoms with Gasteiger partial charge in [0.25, 0.3) is 11.7 Å². The molecular formula is C14H15FN4O2. The summed E-state index contributed by atoms with van der Waals surface area (Å²) in [7, 11) is 0. The van der Waals surface area contributed by atoms with Crippen LogP contribution in [-0.4, -0.2) is 22.6 Å². The molecule has 1 atom stereocenters. The maximum atomic E-state index is 13.2. The lowest BCUT2D eigenvalue weighted by Crippen LogP contribution is -2.16. The lowest BCUT2D eigenvalue weighted by molar-refractivity contribution is 0.101. The van der Waals surface area contributed by atoms with Gasteiger partial charge < -0.3 is 15.2 Å². The summed E-state index contributed by atoms with van der Waals surface area (Å²) in [5.74, 6) is -0.576. The number of aryl methyl sites for hydroxylation is 1. The predicted molar refractivity (Wildman–Crippen MR) is 73.4 cm³/mol. The summed E-state index contributed by atoms with van der Waals surface area (Å²) in [5.41, 5.74) is 1.15. The van der Waals surface area contributed by atoms with E-state index in [0.29, 0.717) is 11.6 Å². The molecule has 0 radical (unpaired) electrons. The van der Waals surface area contributed by atoms with Crippen molar-refractivity contribution in [2.45, 2.75) is 25.8 Å². The first-order valence-corrected chi connectivity index (χ1v) is 6.78. The highest BCUT2D eigenvalue weighted by atomic mass is 19.1. The number of aromatic nitrogens is 2. The molecule has 6 nitrogen and oxygen atoms in total. The second-order valence-corrected chi connectivity index (χ2v) is 5.02. The Morgan fingerprint density at radius 3 is 3.14 bits per heavy atom. The normalized spacial score (nSPS) is 17.9. The molecule has 1 aliphatic heterocycles. The summed E-state index contributed by atoms with van der Waals surface area (Å²) in [6.45, 7) is 2.68. The van der Waals surface area contributed by atoms with Gasteiger partial charge >= 0.3 is 0 Å². The molecule has 0 spiro atoms. The van der Waals surface area contributed by atoms with E-state index < -0.39 is 11.7 Å². The number of halogens is 1. The topological polar surface area (TPSA) is 80.0 Å². The van der Waals surface area contributed by atoms with Crippen LogP contribution in [0.3, 0.4) is 0 Å². The largest absolute Gasteiger partial charge is 0.337 e. The van der Waals surface area contributed by atoms with E-state index in [1.807, 2.05) is 0 Å². The maximum Gasteiger partial charge on any atom is 0.297 e. The minimum Gasteiger partial charge on any atom is -0.337 e. The first kappa shape index (κ1) is 13.7. The van der Waals surface area contributed by atoms with Gasteiger partial charge in [0, 0.05) is 5.69 Å². The van der Waals surface area contributed by atoms with E-state index in [1.165, 1.54) is 12.1 Å². The molecule has 1 amide bonds. The van der Waals surface area contributed by atoms with Crippen molar-refractivity contribution >= 4 is 11.6 Å². The predicted octanol–water partition coefficient (Wildman–Crippen LogP) is 2.19. The highest BCUT2D eigenvalue weighted by Crippen LogP contribution is 2.21. The number of benzene rings is 1. The van der Waals surface area contributed by atoms with Crippen LogP contribution < -0.4 is 10.6 Å². The Hall–Kier alpha value is -2.28. The fraction of sp³-hybridized carbons (Fsp3) is 0.357. The molecule has 0 aliphatic carbocycles. The van der Waals surface area contributed by atoms with Crippen molar-refractivity contribution in [3.63, 3.8) is 0 Å². The van der Waals surface area contributed by atoms with Crippen LogP contribution in [0.15, 0.2) is 22.7 Å². The van der Waals surface area contributed by atoms with Crippen molar-refractivity contribution in [2.75, 3.05) is 11.9 Å². The average molecular weight is 290 g/mol. The zero-order valence-electron chi connectivity index (χ0n) is 11.5. The second kappa shape index (κ2) is 5.61. The van der Waals surface area contributed by atoms with Crippen LogP contribution in [0.4, 0.5) is 10.1 Å². The van der Waals surface area contributed by atoms with Crippen LogP contribution in [-0.2, 0) is 0 Å². The van der Waals surface area contributed by atoms with Crippen molar-refractivity contribution < 1.29 is 13.7 Å². The van der Waals surface area contributed by atoms with Gasteiger partial charge in [0.05, 0.1) is 6.04 Å². The first-order chi connectivity index (χ1) is 10.1. The summed E-state index contributed by atoms with van der Waals surface area (Å²) < 4.78 is 18.3. The Balaban J connectivity index is 1.74. The smallest absolute Gasteiger partial charge is 0.297 e. The van der Waals surface area contributed by atoms with Crippen molar-refractivity contribution in [1.82, 2.24) is 15.5 Å². The molecule has 0 saturated carbocycles. The second-order valence-electron chi connectivity index (χ2n) is 5.02. The SMILES string of the molecule is Cc1ccc(F)cc1NC(=O)c1noc(C2CCCN2)n1. The first-order valence-electron chi connectivity index (χ1n) is 6.78. The molecular weight excluding hydrogens is 275 g/mol. The monoisotopic (exact) mass is 290 g/mol. The number of amides is 1. The Labute approximate surface area is 120 Å². The zero-order valence-corrected chi connectivity index (χ0v) is 11.5. The van der Waals surface area contributed by atoms with Crippen LogP contribution in [0.5, 0.6) is 0 Å². The summed E-state index contributed by atoms with van der Waals surface area (Å²) in [4.78, 5) is 16.2. The molecule has 1 saturated heterocycles. The van der Waals surface area contributed by atoms with Gasteiger partial charge in [0.15, 0.2) is 0 Å². The van der Waals surface area contributed by atoms with E-state index in [2.05, 4.69) is 20.8 Å². The Morgan fingerprint density at radius 1 is 1.52 bits per heavy atom. The van der Waals surface area contributed by atoms with Crippen molar-refractivity contribution in [3.8, 4) is 0 Å². The fourth-order valence-electron chi connectivity index (χ4n) is 2.27. The number of anilines is 1. The number of carbonyl (C=O) groups is 1. The molecule has 21 heavy (non-hydrogen) atoms. The highest BCUT2D eigenvalue weighted by molar-refractivity contribution is 6.01. The standard InChI is InChI=1S/C14H15FN4O2/c1-8-4-5-9(15)7-11(8)17-13(20)12-18-14(21-19-12)10-3-2-6-16-10/h4-5,7,10,16H,2-3,6H2,1H3,(H,17,20). The van der Waals surface area contributed by atoms with Crippen LogP contribution in [0.2, 0.25) is 0 Å². The van der Waals surface area contributed by atoms with Crippen LogP contribution in [0, 0.1) is 12.7 Å². The molecule has 1 fully saturated rings. The van der Waals surface area contributed by atoms with Crippen LogP contribution in [0.1, 0.15) is 41.0 Å². The van der Waals surface area contributed by atoms with Gasteiger partial charge in [-0.3, -0.25) is 4.79 Å². The number of nitrogens with one attached hydrogen (secondary N) is 2. The quantitative estimate of drug-likeness (QED) is 0.905. The van der Waals surface area contributed by atoms with E-state index in [4.69, 9.17) is 4.52 Å². The van der Waals surface area contributed by atoms with Gasteiger partial charge in [0.1, 0.15) is 5.82 Å². The molecule has 0 bridgehead atoms. The van der Waals surface area contributed by atoms with E-state index in [1.54, 1.807) is 13.0 Å². The summed E-state index contributed by atoms with van der Waals surface area (Å²) in [6.07, 6.45) is 1.95. The van der Waals surface area contributed by atoms with E-state index in [9.17, 15) is 9.18 Å². The molecule has 1 unspecified atom stereocenters. The maximum absolute atomic E-state index is 13.2. The van der Waals surface area contributed by atoms with E-state index >= 15 is 0 Å². The Kier molecular flexibility index (Phi) is 3.66. The number of nitrogens with zero attached hydrogens (tertiary/aromatic N) is 2. The van der Waals surface area contributed by atoms with Gasteiger partial charge in [-0.15, -0.1) is 0 Å². The minimum absolute atomic E-state index is 0.00922. The molecule has 7 heteroatoms. The number of carbonyl (C=O) groups excluding carboxylic acids is 1. The molecule has 3 rings (SSSR count). The fourth-order valence-corrected chi connectivity index (χ4v) is 2.27. The number of hydrogen-bond donors (Lipinski definition) is 2. The van der Waals surface area contributed by atoms with Crippen molar-refractivity contribution in [1.29, 1.82) is 0 Å². The number of hydrogen-bond acceptors (Lipinski definition) is 5. The van der Waals surface area contributed by atoms with Gasteiger partial charge in [0.2, 0.25) is 5.89 Å². The number of rotatable bonds is 3. The lowest BCUT2D eigenvalue weighted by atomic mass is 10.2. The Bertz CT molecular complexity index is 665. The van der Waals surface area contributed by atoms with Crippen LogP contribution in [0.25, 0.3) is 0 Å². The molecule has 1 aliphatic rings. The van der Waals surface area contributed by atoms with Crippen molar-refractivity contribution in [2.24, 2.45) is 0 Å². The molecule has 2 heterocycles. The summed E-state index contributed by atoms with van der Waals surface area (Å²) in [5, 5.41) is 9.48. The average Bonchev–Trinajstić information content (AvgIpc) is 3.12. The molecule has 2 N–H and O–H groups in total. The van der Waals surface area contributed by atoms with E-state index in [-0.39, 0.29) is 11.9 Å². The Morgan fingerprint density at radius 2 is 2.38 bits per heavy atom. The third-order valence-electron chi connectivity index (χ3n) is 3.45. The minimum atomic E-state index is -0.517. The van der Waals surface area contributed by atoms with Crippen LogP contribution >= 0.6 is 0 Å². The molecule has 110 valence electrons. The van der Waals surface area contributed by atoms with Gasteiger partial charge in [-0.25, -0.2) is 4.39 Å². The van der Waals surface area contributed by atoms with Gasteiger partial charge in [-0.1, -0.05) is 11.2 Å². The lowest BCUT2D eigenvalue weighted by Gasteiger charge is -2.06. The summed E-state index contributed by atoms with van der Waals surface area (Å²) in [6, 6.07) is 4.19. The van der Waals surface area contributed by atoms with Crippen molar-refractivity contribution in [3.05, 3.63) is 41.3 Å². The molecule has 2 aromatic rings. The van der Waals surface area contributed by atoms with Gasteiger partial charge in [-0.05, 0) is 44.0 Å². The molecule has 1 aromatic carbocycles. The third kappa shape index (κ3) is 2.92.